The van der Waals surface area contributed by atoms with Gasteiger partial charge in [-0.15, -0.1) is 0 Å². The van der Waals surface area contributed by atoms with Crippen molar-refractivity contribution in [1.82, 2.24) is 9.62 Å². The summed E-state index contributed by atoms with van der Waals surface area (Å²) < 4.78 is 31.5. The fraction of sp³-hybridized carbons (Fsp3) is 0.250. The molecule has 1 heterocycles. The number of amides is 3. The predicted octanol–water partition coefficient (Wildman–Crippen LogP) is 2.06. The smallest absolute Gasteiger partial charge is 0.289 e. The Morgan fingerprint density at radius 1 is 1.10 bits per heavy atom. The number of thioether (sulfide) groups is 1. The van der Waals surface area contributed by atoms with Crippen LogP contribution in [0.25, 0.3) is 0 Å². The number of nitrogens with zero attached hydrogens (tertiary/aromatic N) is 1. The normalized spacial score (nSPS) is 14.2. The molecule has 11 heteroatoms. The second kappa shape index (κ2) is 10.1. The number of hydrogen-bond donors (Lipinski definition) is 2. The SMILES string of the molecule is COCCNS(=O)(=O)c1ccc(C(=O)Nc2ccc(CN3C(=O)CSC3=O)cc2)cc1. The lowest BCUT2D eigenvalue weighted by atomic mass is 10.1. The van der Waals surface area contributed by atoms with E-state index < -0.39 is 15.9 Å². The number of imide groups is 1. The van der Waals surface area contributed by atoms with E-state index in [-0.39, 0.29) is 41.5 Å². The number of rotatable bonds is 9. The molecule has 1 aliphatic heterocycles. The zero-order valence-corrected chi connectivity index (χ0v) is 18.3. The van der Waals surface area contributed by atoms with Crippen LogP contribution in [0.4, 0.5) is 10.5 Å². The van der Waals surface area contributed by atoms with Gasteiger partial charge in [0.2, 0.25) is 15.9 Å². The molecule has 1 saturated heterocycles. The van der Waals surface area contributed by atoms with E-state index in [1.165, 1.54) is 36.3 Å². The first kappa shape index (κ1) is 22.9. The van der Waals surface area contributed by atoms with Gasteiger partial charge in [0, 0.05) is 24.9 Å². The van der Waals surface area contributed by atoms with Gasteiger partial charge >= 0.3 is 0 Å². The maximum atomic E-state index is 12.4. The van der Waals surface area contributed by atoms with Gasteiger partial charge in [-0.1, -0.05) is 23.9 Å². The number of carbonyl (C=O) groups excluding carboxylic acids is 3. The van der Waals surface area contributed by atoms with Gasteiger partial charge in [0.15, 0.2) is 0 Å². The van der Waals surface area contributed by atoms with E-state index in [4.69, 9.17) is 4.74 Å². The van der Waals surface area contributed by atoms with E-state index in [2.05, 4.69) is 10.0 Å². The summed E-state index contributed by atoms with van der Waals surface area (Å²) in [6.07, 6.45) is 0. The van der Waals surface area contributed by atoms with E-state index in [9.17, 15) is 22.8 Å². The molecule has 3 rings (SSSR count). The first-order chi connectivity index (χ1) is 14.8. The molecule has 0 aliphatic carbocycles. The van der Waals surface area contributed by atoms with Crippen LogP contribution >= 0.6 is 11.8 Å². The first-order valence-electron chi connectivity index (χ1n) is 9.26. The van der Waals surface area contributed by atoms with Crippen molar-refractivity contribution in [1.29, 1.82) is 0 Å². The Labute approximate surface area is 184 Å². The third-order valence-corrected chi connectivity index (χ3v) is 6.75. The third kappa shape index (κ3) is 5.91. The lowest BCUT2D eigenvalue weighted by Crippen LogP contribution is -2.27. The number of carbonyl (C=O) groups is 3. The monoisotopic (exact) mass is 463 g/mol. The molecular weight excluding hydrogens is 442 g/mol. The van der Waals surface area contributed by atoms with Crippen molar-refractivity contribution < 1.29 is 27.5 Å². The average Bonchev–Trinajstić information content (AvgIpc) is 3.07. The van der Waals surface area contributed by atoms with Crippen LogP contribution in [0, 0.1) is 0 Å². The van der Waals surface area contributed by atoms with Crippen molar-refractivity contribution in [3.63, 3.8) is 0 Å². The summed E-state index contributed by atoms with van der Waals surface area (Å²) in [5, 5.41) is 2.46. The van der Waals surface area contributed by atoms with Crippen LogP contribution in [0.1, 0.15) is 15.9 Å². The highest BCUT2D eigenvalue weighted by Crippen LogP contribution is 2.22. The van der Waals surface area contributed by atoms with Crippen LogP contribution in [0.15, 0.2) is 53.4 Å². The van der Waals surface area contributed by atoms with Crippen molar-refractivity contribution in [3.8, 4) is 0 Å². The van der Waals surface area contributed by atoms with Crippen molar-refractivity contribution in [3.05, 3.63) is 59.7 Å². The fourth-order valence-corrected chi connectivity index (χ4v) is 4.50. The number of hydrogen-bond acceptors (Lipinski definition) is 7. The van der Waals surface area contributed by atoms with E-state index in [0.717, 1.165) is 17.3 Å². The van der Waals surface area contributed by atoms with Crippen molar-refractivity contribution in [2.45, 2.75) is 11.4 Å². The summed E-state index contributed by atoms with van der Waals surface area (Å²) in [7, 11) is -2.20. The molecule has 0 atom stereocenters. The molecule has 0 bridgehead atoms. The van der Waals surface area contributed by atoms with Crippen LogP contribution in [-0.2, 0) is 26.1 Å². The van der Waals surface area contributed by atoms with Gasteiger partial charge in [0.25, 0.3) is 11.1 Å². The molecule has 0 unspecified atom stereocenters. The second-order valence-electron chi connectivity index (χ2n) is 6.60. The van der Waals surface area contributed by atoms with Crippen LogP contribution in [0.5, 0.6) is 0 Å². The van der Waals surface area contributed by atoms with Crippen LogP contribution in [0.3, 0.4) is 0 Å². The molecule has 1 fully saturated rings. The standard InChI is InChI=1S/C20H21N3O6S2/c1-29-11-10-21-31(27,28)17-8-4-15(5-9-17)19(25)22-16-6-2-14(3-7-16)12-23-18(24)13-30-20(23)26/h2-9,21H,10-13H2,1H3,(H,22,25). The highest BCUT2D eigenvalue weighted by molar-refractivity contribution is 8.14. The van der Waals surface area contributed by atoms with Crippen molar-refractivity contribution in [2.75, 3.05) is 31.3 Å². The lowest BCUT2D eigenvalue weighted by Gasteiger charge is -2.13. The maximum Gasteiger partial charge on any atom is 0.289 e. The minimum absolute atomic E-state index is 0.0497. The van der Waals surface area contributed by atoms with E-state index in [0.29, 0.717) is 11.3 Å². The summed E-state index contributed by atoms with van der Waals surface area (Å²) in [5.41, 5.74) is 1.59. The van der Waals surface area contributed by atoms with Crippen molar-refractivity contribution >= 4 is 44.5 Å². The topological polar surface area (TPSA) is 122 Å². The molecule has 1 aliphatic rings. The third-order valence-electron chi connectivity index (χ3n) is 4.42. The molecule has 164 valence electrons. The van der Waals surface area contributed by atoms with Gasteiger partial charge in [-0.2, -0.15) is 0 Å². The molecule has 0 saturated carbocycles. The second-order valence-corrected chi connectivity index (χ2v) is 9.29. The highest BCUT2D eigenvalue weighted by Gasteiger charge is 2.29. The molecule has 3 amide bonds. The molecule has 9 nitrogen and oxygen atoms in total. The summed E-state index contributed by atoms with van der Waals surface area (Å²) in [6.45, 7) is 0.589. The van der Waals surface area contributed by atoms with Crippen LogP contribution in [-0.4, -0.2) is 56.4 Å². The Bertz CT molecular complexity index is 1050. The summed E-state index contributed by atoms with van der Waals surface area (Å²) in [6, 6.07) is 12.4. The molecule has 2 aromatic carbocycles. The summed E-state index contributed by atoms with van der Waals surface area (Å²) in [5.74, 6) is -0.451. The predicted molar refractivity (Wildman–Crippen MR) is 116 cm³/mol. The Morgan fingerprint density at radius 2 is 1.77 bits per heavy atom. The van der Waals surface area contributed by atoms with Crippen LogP contribution in [0.2, 0.25) is 0 Å². The molecule has 2 aromatic rings. The number of methoxy groups -OCH3 is 1. The van der Waals surface area contributed by atoms with E-state index in [1.54, 1.807) is 24.3 Å². The zero-order valence-electron chi connectivity index (χ0n) is 16.7. The van der Waals surface area contributed by atoms with Gasteiger partial charge < -0.3 is 10.1 Å². The van der Waals surface area contributed by atoms with Crippen LogP contribution < -0.4 is 10.0 Å². The minimum Gasteiger partial charge on any atom is -0.383 e. The lowest BCUT2D eigenvalue weighted by molar-refractivity contribution is -0.125. The molecule has 0 spiro atoms. The Balaban J connectivity index is 1.60. The van der Waals surface area contributed by atoms with E-state index >= 15 is 0 Å². The Morgan fingerprint density at radius 3 is 2.35 bits per heavy atom. The number of benzene rings is 2. The van der Waals surface area contributed by atoms with Crippen molar-refractivity contribution in [2.24, 2.45) is 0 Å². The van der Waals surface area contributed by atoms with Gasteiger partial charge in [-0.05, 0) is 42.0 Å². The number of nitrogens with one attached hydrogen (secondary N) is 2. The quantitative estimate of drug-likeness (QED) is 0.546. The average molecular weight is 464 g/mol. The number of anilines is 1. The first-order valence-corrected chi connectivity index (χ1v) is 11.7. The molecular formula is C20H21N3O6S2. The molecule has 0 radical (unpaired) electrons. The van der Waals surface area contributed by atoms with Gasteiger partial charge in [0.1, 0.15) is 0 Å². The minimum atomic E-state index is -3.67. The van der Waals surface area contributed by atoms with Gasteiger partial charge in [0.05, 0.1) is 23.8 Å². The zero-order chi connectivity index (χ0) is 22.4. The fourth-order valence-electron chi connectivity index (χ4n) is 2.76. The van der Waals surface area contributed by atoms with E-state index in [1.807, 2.05) is 0 Å². The Hall–Kier alpha value is -2.73. The highest BCUT2D eigenvalue weighted by atomic mass is 32.2. The van der Waals surface area contributed by atoms with Gasteiger partial charge in [-0.3, -0.25) is 19.3 Å². The molecule has 31 heavy (non-hydrogen) atoms. The number of ether oxygens (including phenoxy) is 1. The summed E-state index contributed by atoms with van der Waals surface area (Å²) >= 11 is 0.982. The van der Waals surface area contributed by atoms with Gasteiger partial charge in [-0.25, -0.2) is 13.1 Å². The largest absolute Gasteiger partial charge is 0.383 e. The number of sulfonamides is 1. The Kier molecular flexibility index (Phi) is 7.44. The maximum absolute atomic E-state index is 12.4. The summed E-state index contributed by atoms with van der Waals surface area (Å²) in [4.78, 5) is 37.0. The molecule has 2 N–H and O–H groups in total. The molecule has 0 aromatic heterocycles.